The van der Waals surface area contributed by atoms with Crippen LogP contribution in [0.25, 0.3) is 0 Å². The number of hydrogen-bond donors (Lipinski definition) is 3. The maximum atomic E-state index is 12.9. The van der Waals surface area contributed by atoms with Gasteiger partial charge in [-0.1, -0.05) is 41.9 Å². The van der Waals surface area contributed by atoms with Gasteiger partial charge in [-0.15, -0.1) is 0 Å². The highest BCUT2D eigenvalue weighted by atomic mass is 35.5. The lowest BCUT2D eigenvalue weighted by atomic mass is 10.2. The van der Waals surface area contributed by atoms with Gasteiger partial charge in [0.25, 0.3) is 15.7 Å². The fraction of sp³-hybridized carbons (Fsp3) is 0.0952. The van der Waals surface area contributed by atoms with Crippen LogP contribution in [0.3, 0.4) is 0 Å². The molecule has 0 saturated heterocycles. The van der Waals surface area contributed by atoms with Crippen LogP contribution in [0.1, 0.15) is 5.56 Å². The number of halogens is 1. The van der Waals surface area contributed by atoms with Crippen molar-refractivity contribution in [3.63, 3.8) is 0 Å². The summed E-state index contributed by atoms with van der Waals surface area (Å²) in [4.78, 5) is 22.8. The molecular weight excluding hydrogens is 456 g/mol. The second-order valence-electron chi connectivity index (χ2n) is 6.74. The molecule has 1 amide bonds. The van der Waals surface area contributed by atoms with Crippen molar-refractivity contribution in [3.8, 4) is 0 Å². The fourth-order valence-electron chi connectivity index (χ4n) is 2.87. The first kappa shape index (κ1) is 23.0. The number of anilines is 3. The minimum atomic E-state index is -3.97. The Kier molecular flexibility index (Phi) is 6.96. The molecule has 9 nitrogen and oxygen atoms in total. The predicted octanol–water partition coefficient (Wildman–Crippen LogP) is 4.41. The molecule has 3 aromatic carbocycles. The molecule has 0 saturated carbocycles. The van der Waals surface area contributed by atoms with Gasteiger partial charge in [0.2, 0.25) is 5.91 Å². The molecule has 0 unspecified atom stereocenters. The summed E-state index contributed by atoms with van der Waals surface area (Å²) in [5, 5.41) is 16.6. The van der Waals surface area contributed by atoms with E-state index in [0.717, 1.165) is 0 Å². The number of para-hydroxylation sites is 3. The average Bonchev–Trinajstić information content (AvgIpc) is 2.75. The summed E-state index contributed by atoms with van der Waals surface area (Å²) in [5.74, 6) is -0.505. The largest absolute Gasteiger partial charge is 0.371 e. The van der Waals surface area contributed by atoms with E-state index in [4.69, 9.17) is 11.6 Å². The van der Waals surface area contributed by atoms with Crippen molar-refractivity contribution in [2.24, 2.45) is 0 Å². The van der Waals surface area contributed by atoms with Crippen LogP contribution in [-0.4, -0.2) is 25.8 Å². The highest BCUT2D eigenvalue weighted by Crippen LogP contribution is 2.27. The number of amides is 1. The number of nitro benzene ring substituents is 1. The molecule has 166 valence electrons. The number of carbonyl (C=O) groups is 1. The molecule has 0 aliphatic carbocycles. The first-order valence-electron chi connectivity index (χ1n) is 9.32. The van der Waals surface area contributed by atoms with Crippen molar-refractivity contribution < 1.29 is 18.1 Å². The number of nitrogens with one attached hydrogen (secondary N) is 3. The Labute approximate surface area is 189 Å². The zero-order chi connectivity index (χ0) is 23.3. The summed E-state index contributed by atoms with van der Waals surface area (Å²) in [7, 11) is -3.97. The van der Waals surface area contributed by atoms with Crippen LogP contribution in [0, 0.1) is 17.0 Å². The minimum Gasteiger partial charge on any atom is -0.371 e. The van der Waals surface area contributed by atoms with Crippen molar-refractivity contribution in [1.29, 1.82) is 0 Å². The van der Waals surface area contributed by atoms with E-state index >= 15 is 0 Å². The third-order valence-electron chi connectivity index (χ3n) is 4.42. The SMILES string of the molecule is Cc1ccc(NC(=O)CNc2ccccc2[N+](=O)[O-])cc1S(=O)(=O)Nc1ccccc1Cl. The molecule has 0 aromatic heterocycles. The third-order valence-corrected chi connectivity index (χ3v) is 6.26. The molecular formula is C21H19ClN4O5S. The van der Waals surface area contributed by atoms with Gasteiger partial charge in [0.1, 0.15) is 5.69 Å². The molecule has 0 aliphatic heterocycles. The topological polar surface area (TPSA) is 130 Å². The van der Waals surface area contributed by atoms with E-state index in [1.54, 1.807) is 43.3 Å². The summed E-state index contributed by atoms with van der Waals surface area (Å²) in [5.41, 5.74) is 1.00. The van der Waals surface area contributed by atoms with E-state index in [-0.39, 0.29) is 39.2 Å². The maximum Gasteiger partial charge on any atom is 0.292 e. The van der Waals surface area contributed by atoms with Crippen LogP contribution >= 0.6 is 11.6 Å². The number of benzene rings is 3. The summed E-state index contributed by atoms with van der Waals surface area (Å²) in [6.45, 7) is 1.38. The molecule has 3 rings (SSSR count). The minimum absolute atomic E-state index is 0.0260. The standard InChI is InChI=1S/C21H19ClN4O5S/c1-14-10-11-15(12-20(14)32(30,31)25-17-7-3-2-6-16(17)22)24-21(27)13-23-18-8-4-5-9-19(18)26(28)29/h2-12,23,25H,13H2,1H3,(H,24,27). The summed E-state index contributed by atoms with van der Waals surface area (Å²) < 4.78 is 28.2. The molecule has 0 fully saturated rings. The smallest absolute Gasteiger partial charge is 0.292 e. The highest BCUT2D eigenvalue weighted by molar-refractivity contribution is 7.92. The predicted molar refractivity (Wildman–Crippen MR) is 124 cm³/mol. The maximum absolute atomic E-state index is 12.9. The molecule has 0 spiro atoms. The molecule has 0 radical (unpaired) electrons. The Balaban J connectivity index is 1.74. The molecule has 3 aromatic rings. The number of nitro groups is 1. The van der Waals surface area contributed by atoms with Gasteiger partial charge in [0, 0.05) is 11.8 Å². The van der Waals surface area contributed by atoms with Crippen LogP contribution in [0.2, 0.25) is 5.02 Å². The van der Waals surface area contributed by atoms with Crippen molar-refractivity contribution in [2.75, 3.05) is 21.9 Å². The zero-order valence-corrected chi connectivity index (χ0v) is 18.4. The van der Waals surface area contributed by atoms with Gasteiger partial charge in [-0.2, -0.15) is 0 Å². The van der Waals surface area contributed by atoms with Crippen LogP contribution in [-0.2, 0) is 14.8 Å². The van der Waals surface area contributed by atoms with Gasteiger partial charge in [-0.25, -0.2) is 8.42 Å². The van der Waals surface area contributed by atoms with E-state index in [2.05, 4.69) is 15.4 Å². The van der Waals surface area contributed by atoms with E-state index in [0.29, 0.717) is 5.56 Å². The van der Waals surface area contributed by atoms with Gasteiger partial charge in [-0.05, 0) is 42.8 Å². The number of aryl methyl sites for hydroxylation is 1. The summed E-state index contributed by atoms with van der Waals surface area (Å²) in [6, 6.07) is 16.8. The number of carbonyl (C=O) groups excluding carboxylic acids is 1. The van der Waals surface area contributed by atoms with E-state index in [1.807, 2.05) is 0 Å². The Hall–Kier alpha value is -3.63. The number of nitrogens with zero attached hydrogens (tertiary/aromatic N) is 1. The van der Waals surface area contributed by atoms with Crippen molar-refractivity contribution in [2.45, 2.75) is 11.8 Å². The highest BCUT2D eigenvalue weighted by Gasteiger charge is 2.19. The monoisotopic (exact) mass is 474 g/mol. The normalized spacial score (nSPS) is 10.9. The third kappa shape index (κ3) is 5.54. The molecule has 0 bridgehead atoms. The molecule has 11 heteroatoms. The molecule has 0 atom stereocenters. The molecule has 0 heterocycles. The lowest BCUT2D eigenvalue weighted by Crippen LogP contribution is -2.22. The molecule has 0 aliphatic rings. The van der Waals surface area contributed by atoms with Gasteiger partial charge < -0.3 is 10.6 Å². The molecule has 3 N–H and O–H groups in total. The Bertz CT molecular complexity index is 1280. The van der Waals surface area contributed by atoms with Gasteiger partial charge in [0.15, 0.2) is 0 Å². The Morgan fingerprint density at radius 2 is 1.69 bits per heavy atom. The zero-order valence-electron chi connectivity index (χ0n) is 16.8. The van der Waals surface area contributed by atoms with Crippen molar-refractivity contribution in [1.82, 2.24) is 0 Å². The second-order valence-corrected chi connectivity index (χ2v) is 8.80. The van der Waals surface area contributed by atoms with E-state index in [1.165, 1.54) is 30.3 Å². The van der Waals surface area contributed by atoms with Crippen LogP contribution in [0.5, 0.6) is 0 Å². The van der Waals surface area contributed by atoms with Crippen LogP contribution in [0.15, 0.2) is 71.6 Å². The first-order chi connectivity index (χ1) is 15.2. The summed E-state index contributed by atoms with van der Waals surface area (Å²) in [6.07, 6.45) is 0. The van der Waals surface area contributed by atoms with Crippen LogP contribution in [0.4, 0.5) is 22.7 Å². The number of sulfonamides is 1. The Morgan fingerprint density at radius 1 is 1.03 bits per heavy atom. The lowest BCUT2D eigenvalue weighted by Gasteiger charge is -2.14. The second kappa shape index (κ2) is 9.67. The van der Waals surface area contributed by atoms with Crippen LogP contribution < -0.4 is 15.4 Å². The van der Waals surface area contributed by atoms with Crippen molar-refractivity contribution in [3.05, 3.63) is 87.4 Å². The van der Waals surface area contributed by atoms with E-state index in [9.17, 15) is 23.3 Å². The lowest BCUT2D eigenvalue weighted by molar-refractivity contribution is -0.383. The fourth-order valence-corrected chi connectivity index (χ4v) is 4.46. The molecule has 32 heavy (non-hydrogen) atoms. The van der Waals surface area contributed by atoms with Gasteiger partial charge in [-0.3, -0.25) is 19.6 Å². The Morgan fingerprint density at radius 3 is 2.38 bits per heavy atom. The van der Waals surface area contributed by atoms with Gasteiger partial charge in [0.05, 0.1) is 27.1 Å². The number of rotatable bonds is 8. The quantitative estimate of drug-likeness (QED) is 0.327. The van der Waals surface area contributed by atoms with Gasteiger partial charge >= 0.3 is 0 Å². The number of hydrogen-bond acceptors (Lipinski definition) is 6. The van der Waals surface area contributed by atoms with E-state index < -0.39 is 20.9 Å². The van der Waals surface area contributed by atoms with Crippen molar-refractivity contribution >= 4 is 50.3 Å². The summed E-state index contributed by atoms with van der Waals surface area (Å²) >= 11 is 6.04. The first-order valence-corrected chi connectivity index (χ1v) is 11.2. The average molecular weight is 475 g/mol.